The van der Waals surface area contributed by atoms with Crippen molar-refractivity contribution in [2.24, 2.45) is 0 Å². The minimum Gasteiger partial charge on any atom is -0.493 e. The monoisotopic (exact) mass is 378 g/mol. The highest BCUT2D eigenvalue weighted by atomic mass is 16.6. The first-order chi connectivity index (χ1) is 13.4. The van der Waals surface area contributed by atoms with Crippen molar-refractivity contribution in [3.05, 3.63) is 82.2 Å². The summed E-state index contributed by atoms with van der Waals surface area (Å²) in [5.41, 5.74) is 0.587. The highest BCUT2D eigenvalue weighted by Crippen LogP contribution is 2.29. The van der Waals surface area contributed by atoms with E-state index in [9.17, 15) is 14.4 Å². The predicted molar refractivity (Wildman–Crippen MR) is 104 cm³/mol. The first-order valence-corrected chi connectivity index (χ1v) is 8.52. The number of Topliss-reactive ketones (excluding diaryl/α,β-unsaturated/α-hetero) is 1. The molecule has 6 heteroatoms. The molecule has 28 heavy (non-hydrogen) atoms. The van der Waals surface area contributed by atoms with Crippen LogP contribution in [0.15, 0.2) is 64.3 Å². The molecule has 0 bridgehead atoms. The summed E-state index contributed by atoms with van der Waals surface area (Å²) in [6.45, 7) is 5.10. The fourth-order valence-electron chi connectivity index (χ4n) is 2.79. The van der Waals surface area contributed by atoms with Gasteiger partial charge in [0.2, 0.25) is 0 Å². The van der Waals surface area contributed by atoms with Gasteiger partial charge in [-0.05, 0) is 43.2 Å². The molecule has 0 aliphatic carbocycles. The van der Waals surface area contributed by atoms with Gasteiger partial charge in [0.1, 0.15) is 11.1 Å². The Hall–Kier alpha value is -3.67. The number of fused-ring (bicyclic) bond motifs is 1. The molecule has 0 fully saturated rings. The zero-order valence-electron chi connectivity index (χ0n) is 15.5. The standard InChI is InChI=1S/C22H18O6/c1-4-6-14-7-5-8-16-11-17(22(25)28-20(14)16)21(24)27-18-10-9-15(13(2)23)12-19(18)26-3/h4-5,7-12H,1,6H2,2-3H3. The molecule has 0 amide bonds. The van der Waals surface area contributed by atoms with Gasteiger partial charge in [-0.25, -0.2) is 9.59 Å². The number of methoxy groups -OCH3 is 1. The van der Waals surface area contributed by atoms with Crippen LogP contribution < -0.4 is 15.1 Å². The first kappa shape index (κ1) is 19.1. The number of benzene rings is 2. The highest BCUT2D eigenvalue weighted by molar-refractivity contribution is 5.96. The van der Waals surface area contributed by atoms with Crippen LogP contribution in [0, 0.1) is 0 Å². The molecule has 6 nitrogen and oxygen atoms in total. The third-order valence-electron chi connectivity index (χ3n) is 4.20. The van der Waals surface area contributed by atoms with Crippen LogP contribution in [0.2, 0.25) is 0 Å². The van der Waals surface area contributed by atoms with Gasteiger partial charge in [0.15, 0.2) is 17.3 Å². The number of carbonyl (C=O) groups is 2. The van der Waals surface area contributed by atoms with Crippen LogP contribution in [0.5, 0.6) is 11.5 Å². The van der Waals surface area contributed by atoms with E-state index in [1.165, 1.54) is 38.3 Å². The Labute approximate surface area is 161 Å². The lowest BCUT2D eigenvalue weighted by molar-refractivity contribution is 0.0725. The molecule has 0 aliphatic rings. The predicted octanol–water partition coefficient (Wildman–Crippen LogP) is 3.95. The number of esters is 1. The largest absolute Gasteiger partial charge is 0.493 e. The van der Waals surface area contributed by atoms with E-state index in [1.807, 2.05) is 6.07 Å². The van der Waals surface area contributed by atoms with E-state index in [2.05, 4.69) is 6.58 Å². The fourth-order valence-corrected chi connectivity index (χ4v) is 2.79. The van der Waals surface area contributed by atoms with E-state index in [4.69, 9.17) is 13.9 Å². The van der Waals surface area contributed by atoms with Crippen LogP contribution in [-0.4, -0.2) is 18.9 Å². The summed E-state index contributed by atoms with van der Waals surface area (Å²) in [5.74, 6) is -0.725. The van der Waals surface area contributed by atoms with E-state index in [1.54, 1.807) is 18.2 Å². The molecule has 0 saturated carbocycles. The van der Waals surface area contributed by atoms with Crippen LogP contribution >= 0.6 is 0 Å². The molecule has 3 aromatic rings. The summed E-state index contributed by atoms with van der Waals surface area (Å²) in [6.07, 6.45) is 2.23. The summed E-state index contributed by atoms with van der Waals surface area (Å²) < 4.78 is 15.9. The summed E-state index contributed by atoms with van der Waals surface area (Å²) in [7, 11) is 1.39. The molecule has 0 aliphatic heterocycles. The summed E-state index contributed by atoms with van der Waals surface area (Å²) >= 11 is 0. The normalized spacial score (nSPS) is 10.5. The zero-order valence-corrected chi connectivity index (χ0v) is 15.5. The Morgan fingerprint density at radius 3 is 2.61 bits per heavy atom. The number of para-hydroxylation sites is 1. The van der Waals surface area contributed by atoms with E-state index in [-0.39, 0.29) is 22.8 Å². The zero-order chi connectivity index (χ0) is 20.3. The van der Waals surface area contributed by atoms with Crippen LogP contribution in [-0.2, 0) is 6.42 Å². The minimum absolute atomic E-state index is 0.0948. The Bertz CT molecular complexity index is 1140. The Morgan fingerprint density at radius 2 is 1.93 bits per heavy atom. The van der Waals surface area contributed by atoms with Gasteiger partial charge in [0.25, 0.3) is 0 Å². The number of ketones is 1. The summed E-state index contributed by atoms with van der Waals surface area (Å²) in [4.78, 5) is 36.4. The van der Waals surface area contributed by atoms with Gasteiger partial charge >= 0.3 is 11.6 Å². The van der Waals surface area contributed by atoms with Gasteiger partial charge < -0.3 is 13.9 Å². The lowest BCUT2D eigenvalue weighted by Crippen LogP contribution is -2.19. The number of hydrogen-bond donors (Lipinski definition) is 0. The molecule has 1 aromatic heterocycles. The van der Waals surface area contributed by atoms with Crippen molar-refractivity contribution < 1.29 is 23.5 Å². The third kappa shape index (κ3) is 3.71. The van der Waals surface area contributed by atoms with Crippen molar-refractivity contribution in [2.45, 2.75) is 13.3 Å². The minimum atomic E-state index is -0.876. The molecule has 0 spiro atoms. The Balaban J connectivity index is 1.98. The number of ether oxygens (including phenoxy) is 2. The Kier molecular flexibility index (Phi) is 5.40. The average molecular weight is 378 g/mol. The van der Waals surface area contributed by atoms with Crippen LogP contribution in [0.3, 0.4) is 0 Å². The van der Waals surface area contributed by atoms with Gasteiger partial charge in [0.05, 0.1) is 7.11 Å². The molecule has 142 valence electrons. The second-order valence-electron chi connectivity index (χ2n) is 6.09. The maximum atomic E-state index is 12.6. The third-order valence-corrected chi connectivity index (χ3v) is 4.20. The molecule has 1 heterocycles. The van der Waals surface area contributed by atoms with Gasteiger partial charge in [-0.2, -0.15) is 0 Å². The van der Waals surface area contributed by atoms with Gasteiger partial charge in [-0.15, -0.1) is 6.58 Å². The summed E-state index contributed by atoms with van der Waals surface area (Å²) in [5, 5.41) is 0.602. The molecule has 0 atom stereocenters. The van der Waals surface area contributed by atoms with Crippen LogP contribution in [0.4, 0.5) is 0 Å². The quantitative estimate of drug-likeness (QED) is 0.212. The van der Waals surface area contributed by atoms with Crippen molar-refractivity contribution in [2.75, 3.05) is 7.11 Å². The number of allylic oxidation sites excluding steroid dienone is 1. The Morgan fingerprint density at radius 1 is 1.14 bits per heavy atom. The molecule has 2 aromatic carbocycles. The van der Waals surface area contributed by atoms with Crippen molar-refractivity contribution in [1.29, 1.82) is 0 Å². The van der Waals surface area contributed by atoms with Crippen molar-refractivity contribution in [3.63, 3.8) is 0 Å². The number of carbonyl (C=O) groups excluding carboxylic acids is 2. The molecule has 0 N–H and O–H groups in total. The SMILES string of the molecule is C=CCc1cccc2cc(C(=O)Oc3ccc(C(C)=O)cc3OC)c(=O)oc12. The van der Waals surface area contributed by atoms with Gasteiger partial charge in [-0.3, -0.25) is 4.79 Å². The van der Waals surface area contributed by atoms with Gasteiger partial charge in [0, 0.05) is 10.9 Å². The molecule has 0 unspecified atom stereocenters. The van der Waals surface area contributed by atoms with Crippen molar-refractivity contribution in [3.8, 4) is 11.5 Å². The molecule has 3 rings (SSSR count). The van der Waals surface area contributed by atoms with E-state index in [0.717, 1.165) is 5.56 Å². The topological polar surface area (TPSA) is 82.8 Å². The molecular weight excluding hydrogens is 360 g/mol. The maximum Gasteiger partial charge on any atom is 0.351 e. The van der Waals surface area contributed by atoms with Crippen molar-refractivity contribution >= 4 is 22.7 Å². The van der Waals surface area contributed by atoms with Crippen molar-refractivity contribution in [1.82, 2.24) is 0 Å². The second kappa shape index (κ2) is 7.92. The first-order valence-electron chi connectivity index (χ1n) is 8.52. The fraction of sp³-hybridized carbons (Fsp3) is 0.136. The van der Waals surface area contributed by atoms with E-state index in [0.29, 0.717) is 23.0 Å². The van der Waals surface area contributed by atoms with E-state index < -0.39 is 11.6 Å². The molecule has 0 radical (unpaired) electrons. The lowest BCUT2D eigenvalue weighted by Gasteiger charge is -2.10. The lowest BCUT2D eigenvalue weighted by atomic mass is 10.1. The number of hydrogen-bond acceptors (Lipinski definition) is 6. The van der Waals surface area contributed by atoms with Crippen LogP contribution in [0.1, 0.15) is 33.2 Å². The smallest absolute Gasteiger partial charge is 0.351 e. The second-order valence-corrected chi connectivity index (χ2v) is 6.09. The number of rotatable bonds is 6. The van der Waals surface area contributed by atoms with E-state index >= 15 is 0 Å². The highest BCUT2D eigenvalue weighted by Gasteiger charge is 2.19. The van der Waals surface area contributed by atoms with Gasteiger partial charge in [-0.1, -0.05) is 24.3 Å². The summed E-state index contributed by atoms with van der Waals surface area (Å²) in [6, 6.07) is 11.2. The van der Waals surface area contributed by atoms with Crippen LogP contribution in [0.25, 0.3) is 11.0 Å². The maximum absolute atomic E-state index is 12.6. The molecular formula is C22H18O6. The average Bonchev–Trinajstić information content (AvgIpc) is 2.68. The molecule has 0 saturated heterocycles.